The van der Waals surface area contributed by atoms with Crippen molar-refractivity contribution in [2.45, 2.75) is 174 Å². The first-order valence-electron chi connectivity index (χ1n) is 14.6. The van der Waals surface area contributed by atoms with Gasteiger partial charge in [-0.3, -0.25) is 0 Å². The van der Waals surface area contributed by atoms with Crippen LogP contribution in [0.15, 0.2) is 0 Å². The lowest BCUT2D eigenvalue weighted by atomic mass is 9.89. The quantitative estimate of drug-likeness (QED) is 0.115. The van der Waals surface area contributed by atoms with Gasteiger partial charge < -0.3 is 4.74 Å². The first kappa shape index (κ1) is 29.0. The summed E-state index contributed by atoms with van der Waals surface area (Å²) >= 11 is 0. The number of hydrogen-bond acceptors (Lipinski definition) is 1. The van der Waals surface area contributed by atoms with E-state index in [1.54, 1.807) is 0 Å². The number of unbranched alkanes of at least 4 members (excludes halogenated alkanes) is 19. The molecule has 1 radical (unpaired) electrons. The van der Waals surface area contributed by atoms with Gasteiger partial charge in [-0.25, -0.2) is 5.11 Å². The van der Waals surface area contributed by atoms with Crippen LogP contribution in [0.2, 0.25) is 0 Å². The van der Waals surface area contributed by atoms with Crippen molar-refractivity contribution in [2.24, 2.45) is 5.92 Å². The van der Waals surface area contributed by atoms with Gasteiger partial charge in [0.25, 0.3) is 0 Å². The summed E-state index contributed by atoms with van der Waals surface area (Å²) in [7, 11) is 0. The van der Waals surface area contributed by atoms with Crippen LogP contribution in [-0.2, 0) is 9.84 Å². The van der Waals surface area contributed by atoms with E-state index >= 15 is 0 Å². The Kier molecular flexibility index (Phi) is 21.6. The third-order valence-corrected chi connectivity index (χ3v) is 7.31. The van der Waals surface area contributed by atoms with Crippen LogP contribution in [0.3, 0.4) is 0 Å². The normalized spacial score (nSPS) is 16.1. The monoisotopic (exact) mass is 437 g/mol. The lowest BCUT2D eigenvalue weighted by Crippen LogP contribution is -2.24. The third-order valence-electron chi connectivity index (χ3n) is 7.31. The molecule has 0 aromatic rings. The Morgan fingerprint density at radius 1 is 0.548 bits per heavy atom. The molecule has 0 saturated heterocycles. The van der Waals surface area contributed by atoms with E-state index in [-0.39, 0.29) is 0 Å². The molecule has 31 heavy (non-hydrogen) atoms. The van der Waals surface area contributed by atoms with Gasteiger partial charge in [-0.2, -0.15) is 0 Å². The summed E-state index contributed by atoms with van der Waals surface area (Å²) in [4.78, 5) is 0. The Morgan fingerprint density at radius 2 is 0.903 bits per heavy atom. The van der Waals surface area contributed by atoms with E-state index in [0.29, 0.717) is 12.5 Å². The first-order chi connectivity index (χ1) is 15.3. The third kappa shape index (κ3) is 19.1. The molecule has 2 nitrogen and oxygen atoms in total. The average molecular weight is 438 g/mol. The minimum Gasteiger partial charge on any atom is -0.349 e. The number of hydrogen-bond donors (Lipinski definition) is 0. The van der Waals surface area contributed by atoms with Crippen LogP contribution in [0, 0.1) is 5.92 Å². The minimum absolute atomic E-state index is 0.291. The highest BCUT2D eigenvalue weighted by atomic mass is 16.6. The first-order valence-corrected chi connectivity index (χ1v) is 14.6. The van der Waals surface area contributed by atoms with E-state index in [4.69, 9.17) is 4.74 Å². The van der Waals surface area contributed by atoms with Crippen LogP contribution < -0.4 is 0 Å². The van der Waals surface area contributed by atoms with Crippen molar-refractivity contribution < 1.29 is 9.84 Å². The molecule has 0 aromatic carbocycles. The zero-order valence-corrected chi connectivity index (χ0v) is 21.4. The highest BCUT2D eigenvalue weighted by molar-refractivity contribution is 4.67. The molecule has 1 aliphatic rings. The van der Waals surface area contributed by atoms with Crippen LogP contribution >= 0.6 is 0 Å². The van der Waals surface area contributed by atoms with Crippen molar-refractivity contribution >= 4 is 0 Å². The molecule has 0 bridgehead atoms. The summed E-state index contributed by atoms with van der Waals surface area (Å²) in [6.45, 7) is 2.98. The van der Waals surface area contributed by atoms with Gasteiger partial charge >= 0.3 is 0 Å². The van der Waals surface area contributed by atoms with Crippen LogP contribution in [0.5, 0.6) is 0 Å². The van der Waals surface area contributed by atoms with E-state index < -0.39 is 6.29 Å². The van der Waals surface area contributed by atoms with E-state index in [9.17, 15) is 5.11 Å². The Hall–Kier alpha value is -0.0800. The molecule has 0 aliphatic heterocycles. The maximum atomic E-state index is 12.1. The molecule has 0 heterocycles. The second-order valence-electron chi connectivity index (χ2n) is 10.4. The molecule has 1 fully saturated rings. The Labute approximate surface area is 196 Å². The fourth-order valence-corrected chi connectivity index (χ4v) is 5.10. The lowest BCUT2D eigenvalue weighted by molar-refractivity contribution is -0.178. The average Bonchev–Trinajstić information content (AvgIpc) is 2.80. The number of rotatable bonds is 23. The van der Waals surface area contributed by atoms with Gasteiger partial charge in [-0.05, 0) is 19.3 Å². The summed E-state index contributed by atoms with van der Waals surface area (Å²) < 4.78 is 5.56. The van der Waals surface area contributed by atoms with Gasteiger partial charge in [0.15, 0.2) is 6.29 Å². The molecule has 1 rings (SSSR count). The predicted molar refractivity (Wildman–Crippen MR) is 135 cm³/mol. The number of ether oxygens (including phenoxy) is 1. The second-order valence-corrected chi connectivity index (χ2v) is 10.4. The van der Waals surface area contributed by atoms with Crippen LogP contribution in [0.25, 0.3) is 0 Å². The smallest absolute Gasteiger partial charge is 0.194 e. The second kappa shape index (κ2) is 23.1. The highest BCUT2D eigenvalue weighted by Gasteiger charge is 2.23. The Morgan fingerprint density at radius 3 is 1.29 bits per heavy atom. The van der Waals surface area contributed by atoms with Gasteiger partial charge in [0.05, 0.1) is 0 Å². The Balaban J connectivity index is 1.67. The molecule has 1 atom stereocenters. The molecule has 1 saturated carbocycles. The van der Waals surface area contributed by atoms with Gasteiger partial charge in [0.1, 0.15) is 0 Å². The maximum Gasteiger partial charge on any atom is 0.194 e. The summed E-state index contributed by atoms with van der Waals surface area (Å²) in [5.74, 6) is 0.291. The molecule has 0 spiro atoms. The molecule has 0 amide bonds. The van der Waals surface area contributed by atoms with Crippen molar-refractivity contribution in [3.8, 4) is 0 Å². The van der Waals surface area contributed by atoms with Crippen molar-refractivity contribution in [1.29, 1.82) is 0 Å². The molecule has 1 aliphatic carbocycles. The summed E-state index contributed by atoms with van der Waals surface area (Å²) in [5, 5.41) is 12.1. The maximum absolute atomic E-state index is 12.1. The molecular formula is C29H57O2. The van der Waals surface area contributed by atoms with Crippen LogP contribution in [0.1, 0.15) is 167 Å². The summed E-state index contributed by atoms with van der Waals surface area (Å²) in [5.41, 5.74) is 0. The highest BCUT2D eigenvalue weighted by Crippen LogP contribution is 2.27. The fourth-order valence-electron chi connectivity index (χ4n) is 5.10. The van der Waals surface area contributed by atoms with Crippen LogP contribution in [0.4, 0.5) is 0 Å². The lowest BCUT2D eigenvalue weighted by Gasteiger charge is -2.24. The van der Waals surface area contributed by atoms with Crippen molar-refractivity contribution in [1.82, 2.24) is 0 Å². The zero-order valence-electron chi connectivity index (χ0n) is 21.4. The standard InChI is InChI=1S/C29H57O2/c1-2-3-4-5-6-7-8-9-10-11-12-13-14-15-16-17-18-19-20-24-27-31-29(30)28-25-22-21-23-26-28/h28-29H,2-27H2,1H3. The fraction of sp³-hybridized carbons (Fsp3) is 1.00. The van der Waals surface area contributed by atoms with E-state index in [0.717, 1.165) is 19.3 Å². The summed E-state index contributed by atoms with van der Waals surface area (Å²) in [6.07, 6.45) is 33.3. The molecule has 185 valence electrons. The molecule has 1 unspecified atom stereocenters. The molecule has 2 heteroatoms. The van der Waals surface area contributed by atoms with Gasteiger partial charge in [-0.15, -0.1) is 0 Å². The minimum atomic E-state index is -0.749. The van der Waals surface area contributed by atoms with Crippen molar-refractivity contribution in [3.05, 3.63) is 0 Å². The van der Waals surface area contributed by atoms with Crippen molar-refractivity contribution in [3.63, 3.8) is 0 Å². The van der Waals surface area contributed by atoms with Crippen molar-refractivity contribution in [2.75, 3.05) is 6.61 Å². The van der Waals surface area contributed by atoms with Gasteiger partial charge in [-0.1, -0.05) is 148 Å². The summed E-state index contributed by atoms with van der Waals surface area (Å²) in [6, 6.07) is 0. The largest absolute Gasteiger partial charge is 0.349 e. The Bertz CT molecular complexity index is 338. The van der Waals surface area contributed by atoms with Gasteiger partial charge in [0.2, 0.25) is 0 Å². The van der Waals surface area contributed by atoms with E-state index in [2.05, 4.69) is 6.92 Å². The van der Waals surface area contributed by atoms with Crippen LogP contribution in [-0.4, -0.2) is 12.9 Å². The molecule has 0 N–H and O–H groups in total. The SMILES string of the molecule is CCCCCCCCCCCCCCCCCCCCCCOC([O])C1CCCCC1. The predicted octanol–water partition coefficient (Wildman–Crippen LogP) is 10.2. The van der Waals surface area contributed by atoms with E-state index in [1.807, 2.05) is 0 Å². The van der Waals surface area contributed by atoms with Gasteiger partial charge in [0, 0.05) is 12.5 Å². The topological polar surface area (TPSA) is 29.1 Å². The zero-order chi connectivity index (χ0) is 22.2. The van der Waals surface area contributed by atoms with E-state index in [1.165, 1.54) is 141 Å². The molecular weight excluding hydrogens is 380 g/mol. The molecule has 0 aromatic heterocycles.